The molecule has 6 nitrogen and oxygen atoms in total. The van der Waals surface area contributed by atoms with E-state index in [-0.39, 0.29) is 31.1 Å². The van der Waals surface area contributed by atoms with E-state index in [9.17, 15) is 14.4 Å². The Morgan fingerprint density at radius 1 is 0.290 bits per heavy atom. The third-order valence-electron chi connectivity index (χ3n) is 13.6. The highest BCUT2D eigenvalue weighted by molar-refractivity contribution is 5.71. The maximum Gasteiger partial charge on any atom is 0.306 e. The third kappa shape index (κ3) is 56.4. The van der Waals surface area contributed by atoms with Crippen molar-refractivity contribution in [1.29, 1.82) is 0 Å². The highest BCUT2D eigenvalue weighted by Gasteiger charge is 2.19. The van der Waals surface area contributed by atoms with Crippen molar-refractivity contribution in [3.05, 3.63) is 36.5 Å². The molecule has 69 heavy (non-hydrogen) atoms. The molecule has 0 saturated carbocycles. The highest BCUT2D eigenvalue weighted by Crippen LogP contribution is 2.17. The number of hydrogen-bond donors (Lipinski definition) is 0. The summed E-state index contributed by atoms with van der Waals surface area (Å²) in [6, 6.07) is 0. The molecular formula is C63H116O6. The summed E-state index contributed by atoms with van der Waals surface area (Å²) in [5, 5.41) is 0. The average Bonchev–Trinajstić information content (AvgIpc) is 3.35. The monoisotopic (exact) mass is 969 g/mol. The van der Waals surface area contributed by atoms with E-state index in [0.717, 1.165) is 83.5 Å². The van der Waals surface area contributed by atoms with Crippen molar-refractivity contribution in [2.75, 3.05) is 13.2 Å². The minimum atomic E-state index is -0.777. The maximum absolute atomic E-state index is 12.8. The van der Waals surface area contributed by atoms with Gasteiger partial charge in [0.15, 0.2) is 6.10 Å². The molecule has 0 bridgehead atoms. The summed E-state index contributed by atoms with van der Waals surface area (Å²) < 4.78 is 16.9. The maximum atomic E-state index is 12.8. The predicted octanol–water partition coefficient (Wildman–Crippen LogP) is 20.4. The van der Waals surface area contributed by atoms with E-state index in [1.807, 2.05) is 0 Å². The van der Waals surface area contributed by atoms with Crippen LogP contribution in [0.5, 0.6) is 0 Å². The van der Waals surface area contributed by atoms with Gasteiger partial charge in [-0.2, -0.15) is 0 Å². The summed E-state index contributed by atoms with van der Waals surface area (Å²) in [5.41, 5.74) is 0. The summed E-state index contributed by atoms with van der Waals surface area (Å²) in [6.45, 7) is 6.63. The fraction of sp³-hybridized carbons (Fsp3) is 0.857. The Hall–Kier alpha value is -2.37. The minimum Gasteiger partial charge on any atom is -0.462 e. The predicted molar refractivity (Wildman–Crippen MR) is 298 cm³/mol. The van der Waals surface area contributed by atoms with Crippen LogP contribution in [0.25, 0.3) is 0 Å². The lowest BCUT2D eigenvalue weighted by atomic mass is 10.0. The van der Waals surface area contributed by atoms with Crippen LogP contribution in [0, 0.1) is 0 Å². The van der Waals surface area contributed by atoms with E-state index < -0.39 is 6.10 Å². The van der Waals surface area contributed by atoms with Crippen LogP contribution in [0.1, 0.15) is 329 Å². The van der Waals surface area contributed by atoms with Crippen LogP contribution in [0.2, 0.25) is 0 Å². The van der Waals surface area contributed by atoms with Crippen LogP contribution in [0.3, 0.4) is 0 Å². The first-order valence-electron chi connectivity index (χ1n) is 30.5. The summed E-state index contributed by atoms with van der Waals surface area (Å²) in [5.74, 6) is -0.870. The second-order valence-electron chi connectivity index (χ2n) is 20.6. The Morgan fingerprint density at radius 3 is 0.855 bits per heavy atom. The van der Waals surface area contributed by atoms with E-state index >= 15 is 0 Å². The van der Waals surface area contributed by atoms with Crippen molar-refractivity contribution in [2.45, 2.75) is 335 Å². The van der Waals surface area contributed by atoms with Gasteiger partial charge in [0.2, 0.25) is 0 Å². The molecule has 0 aromatic carbocycles. The van der Waals surface area contributed by atoms with Crippen LogP contribution >= 0.6 is 0 Å². The number of carbonyl (C=O) groups is 3. The van der Waals surface area contributed by atoms with Crippen LogP contribution in [-0.4, -0.2) is 37.2 Å². The van der Waals surface area contributed by atoms with Crippen LogP contribution < -0.4 is 0 Å². The van der Waals surface area contributed by atoms with Gasteiger partial charge < -0.3 is 14.2 Å². The standard InChI is InChI=1S/C63H116O6/c1-4-7-10-13-16-19-22-25-28-29-30-31-32-33-34-35-36-39-41-44-47-50-53-56-62(65)68-59-60(69-63(66)57-54-51-48-45-42-38-27-24-21-18-15-12-9-6-3)58-67-61(64)55-52-49-46-43-40-37-26-23-20-17-14-11-8-5-2/h15,18,24,27,29-30,60H,4-14,16-17,19-23,25-26,28,31-59H2,1-3H3/b18-15-,27-24-,30-29-. The summed E-state index contributed by atoms with van der Waals surface area (Å²) in [7, 11) is 0. The normalized spacial score (nSPS) is 12.2. The fourth-order valence-corrected chi connectivity index (χ4v) is 8.99. The highest BCUT2D eigenvalue weighted by atomic mass is 16.6. The lowest BCUT2D eigenvalue weighted by Crippen LogP contribution is -2.30. The van der Waals surface area contributed by atoms with Gasteiger partial charge in [-0.1, -0.05) is 276 Å². The molecule has 0 aliphatic carbocycles. The van der Waals surface area contributed by atoms with Gasteiger partial charge in [0, 0.05) is 19.3 Å². The zero-order valence-corrected chi connectivity index (χ0v) is 46.3. The van der Waals surface area contributed by atoms with Gasteiger partial charge in [0.05, 0.1) is 0 Å². The molecule has 6 heteroatoms. The van der Waals surface area contributed by atoms with Crippen molar-refractivity contribution in [3.63, 3.8) is 0 Å². The lowest BCUT2D eigenvalue weighted by Gasteiger charge is -2.18. The van der Waals surface area contributed by atoms with Gasteiger partial charge >= 0.3 is 17.9 Å². The Kier molecular flexibility index (Phi) is 56.2. The van der Waals surface area contributed by atoms with E-state index in [2.05, 4.69) is 57.2 Å². The van der Waals surface area contributed by atoms with Crippen molar-refractivity contribution in [3.8, 4) is 0 Å². The van der Waals surface area contributed by atoms with E-state index in [1.165, 1.54) is 205 Å². The molecule has 0 heterocycles. The van der Waals surface area contributed by atoms with E-state index in [4.69, 9.17) is 14.2 Å². The number of allylic oxidation sites excluding steroid dienone is 6. The SMILES string of the molecule is CCCC/C=C\C/C=C\CCCCCCCC(=O)OC(COC(=O)CCCCCCCCCCCCC/C=C\CCCCCCCCCC)COC(=O)CCCCCCCCCCCCCCCC. The van der Waals surface area contributed by atoms with Crippen LogP contribution in [0.4, 0.5) is 0 Å². The Labute approximate surface area is 429 Å². The smallest absolute Gasteiger partial charge is 0.306 e. The number of ether oxygens (including phenoxy) is 3. The van der Waals surface area contributed by atoms with Gasteiger partial charge in [-0.15, -0.1) is 0 Å². The molecule has 0 aliphatic heterocycles. The fourth-order valence-electron chi connectivity index (χ4n) is 8.99. The molecule has 0 aliphatic rings. The van der Waals surface area contributed by atoms with Gasteiger partial charge in [0.1, 0.15) is 13.2 Å². The van der Waals surface area contributed by atoms with Crippen molar-refractivity contribution >= 4 is 17.9 Å². The molecule has 0 rings (SSSR count). The molecule has 404 valence electrons. The van der Waals surface area contributed by atoms with E-state index in [0.29, 0.717) is 19.3 Å². The van der Waals surface area contributed by atoms with Crippen LogP contribution in [0.15, 0.2) is 36.5 Å². The first-order valence-corrected chi connectivity index (χ1v) is 30.5. The molecule has 0 spiro atoms. The number of unbranched alkanes of at least 4 members (excludes halogenated alkanes) is 39. The molecule has 1 atom stereocenters. The number of rotatable bonds is 56. The topological polar surface area (TPSA) is 78.9 Å². The molecule has 0 N–H and O–H groups in total. The number of carbonyl (C=O) groups excluding carboxylic acids is 3. The van der Waals surface area contributed by atoms with Crippen molar-refractivity contribution < 1.29 is 28.6 Å². The summed E-state index contributed by atoms with van der Waals surface area (Å²) >= 11 is 0. The molecule has 0 fully saturated rings. The molecule has 0 amide bonds. The van der Waals surface area contributed by atoms with E-state index in [1.54, 1.807) is 0 Å². The van der Waals surface area contributed by atoms with Crippen LogP contribution in [-0.2, 0) is 28.6 Å². The Morgan fingerprint density at radius 2 is 0.536 bits per heavy atom. The Balaban J connectivity index is 4.27. The van der Waals surface area contributed by atoms with Crippen molar-refractivity contribution in [2.24, 2.45) is 0 Å². The first-order chi connectivity index (χ1) is 34.0. The zero-order valence-electron chi connectivity index (χ0n) is 46.3. The van der Waals surface area contributed by atoms with Crippen molar-refractivity contribution in [1.82, 2.24) is 0 Å². The molecule has 0 radical (unpaired) electrons. The first kappa shape index (κ1) is 66.6. The minimum absolute atomic E-state index is 0.0741. The molecular weight excluding hydrogens is 853 g/mol. The summed E-state index contributed by atoms with van der Waals surface area (Å²) in [6.07, 6.45) is 70.0. The number of esters is 3. The van der Waals surface area contributed by atoms with Gasteiger partial charge in [0.25, 0.3) is 0 Å². The number of hydrogen-bond acceptors (Lipinski definition) is 6. The molecule has 0 aromatic heterocycles. The quantitative estimate of drug-likeness (QED) is 0.0261. The Bertz CT molecular complexity index is 1160. The molecule has 0 aromatic rings. The summed E-state index contributed by atoms with van der Waals surface area (Å²) in [4.78, 5) is 38.2. The second-order valence-corrected chi connectivity index (χ2v) is 20.6. The molecule has 0 saturated heterocycles. The molecule has 1 unspecified atom stereocenters. The van der Waals surface area contributed by atoms with Gasteiger partial charge in [-0.05, 0) is 70.6 Å². The second kappa shape index (κ2) is 58.2. The largest absolute Gasteiger partial charge is 0.462 e. The zero-order chi connectivity index (χ0) is 50.0. The lowest BCUT2D eigenvalue weighted by molar-refractivity contribution is -0.167. The van der Waals surface area contributed by atoms with Gasteiger partial charge in [-0.3, -0.25) is 14.4 Å². The average molecular weight is 970 g/mol. The third-order valence-corrected chi connectivity index (χ3v) is 13.6. The van der Waals surface area contributed by atoms with Gasteiger partial charge in [-0.25, -0.2) is 0 Å².